The highest BCUT2D eigenvalue weighted by Gasteiger charge is 2.50. The molecule has 2 fully saturated rings. The third-order valence-electron chi connectivity index (χ3n) is 8.00. The van der Waals surface area contributed by atoms with E-state index in [0.29, 0.717) is 11.1 Å². The molecule has 8 nitrogen and oxygen atoms in total. The second-order valence-corrected chi connectivity index (χ2v) is 11.6. The Morgan fingerprint density at radius 1 is 1.34 bits per heavy atom. The van der Waals surface area contributed by atoms with Crippen molar-refractivity contribution in [3.05, 3.63) is 46.3 Å². The molecule has 0 aromatic carbocycles. The van der Waals surface area contributed by atoms with Crippen LogP contribution >= 0.6 is 22.9 Å². The van der Waals surface area contributed by atoms with Crippen molar-refractivity contribution in [2.45, 2.75) is 31.7 Å². The number of piperidine rings is 1. The summed E-state index contributed by atoms with van der Waals surface area (Å²) in [6.45, 7) is 1.95. The van der Waals surface area contributed by atoms with Gasteiger partial charge < -0.3 is 15.5 Å². The lowest BCUT2D eigenvalue weighted by Gasteiger charge is -2.26. The van der Waals surface area contributed by atoms with Crippen LogP contribution in [-0.4, -0.2) is 56.6 Å². The molecule has 2 aliphatic carbocycles. The summed E-state index contributed by atoms with van der Waals surface area (Å²) in [5.41, 5.74) is 2.99. The van der Waals surface area contributed by atoms with Crippen LogP contribution in [0.3, 0.4) is 0 Å². The summed E-state index contributed by atoms with van der Waals surface area (Å²) in [5, 5.41) is 12.6. The number of aromatic nitrogens is 4. The number of likely N-dealkylation sites (tertiary alicyclic amines) is 1. The fourth-order valence-corrected chi connectivity index (χ4v) is 7.49. The lowest BCUT2D eigenvalue weighted by molar-refractivity contribution is -0.125. The number of amides is 1. The molecule has 0 spiro atoms. The molecule has 2 N–H and O–H groups in total. The molecular formula is C25H26ClN7OS. The number of rotatable bonds is 5. The first-order valence-electron chi connectivity index (χ1n) is 12.2. The number of carbonyl (C=O) groups excluding carboxylic acids is 1. The number of halogens is 1. The summed E-state index contributed by atoms with van der Waals surface area (Å²) in [5.74, 6) is 2.60. The number of nitrogens with one attached hydrogen (secondary N) is 2. The van der Waals surface area contributed by atoms with Gasteiger partial charge in [0.15, 0.2) is 0 Å². The topological polar surface area (TPSA) is 87.5 Å². The molecule has 7 rings (SSSR count). The molecule has 4 unspecified atom stereocenters. The van der Waals surface area contributed by atoms with Gasteiger partial charge in [-0.05, 0) is 62.3 Å². The molecule has 1 aliphatic heterocycles. The van der Waals surface area contributed by atoms with Gasteiger partial charge in [-0.3, -0.25) is 4.79 Å². The first-order valence-corrected chi connectivity index (χ1v) is 13.4. The van der Waals surface area contributed by atoms with Crippen molar-refractivity contribution in [1.29, 1.82) is 0 Å². The van der Waals surface area contributed by atoms with Crippen LogP contribution in [0.15, 0.2) is 30.9 Å². The van der Waals surface area contributed by atoms with Gasteiger partial charge in [0.05, 0.1) is 21.6 Å². The predicted molar refractivity (Wildman–Crippen MR) is 137 cm³/mol. The minimum absolute atomic E-state index is 0.0142. The number of anilines is 2. The largest absolute Gasteiger partial charge is 0.354 e. The van der Waals surface area contributed by atoms with E-state index in [1.165, 1.54) is 23.4 Å². The number of thiophene rings is 1. The van der Waals surface area contributed by atoms with Gasteiger partial charge in [-0.15, -0.1) is 11.3 Å². The number of fused-ring (bicyclic) bond motifs is 5. The van der Waals surface area contributed by atoms with Crippen LogP contribution in [0.2, 0.25) is 5.02 Å². The molecule has 1 saturated heterocycles. The molecule has 0 bridgehead atoms. The normalized spacial score (nSPS) is 25.5. The van der Waals surface area contributed by atoms with E-state index in [9.17, 15) is 4.79 Å². The summed E-state index contributed by atoms with van der Waals surface area (Å²) < 4.78 is 1.74. The number of hydrogen-bond donors (Lipinski definition) is 2. The summed E-state index contributed by atoms with van der Waals surface area (Å²) in [7, 11) is 2.18. The van der Waals surface area contributed by atoms with Crippen LogP contribution < -0.4 is 10.6 Å². The highest BCUT2D eigenvalue weighted by atomic mass is 35.5. The van der Waals surface area contributed by atoms with Crippen LogP contribution in [0.4, 0.5) is 11.5 Å². The molecule has 3 aliphatic rings. The van der Waals surface area contributed by atoms with E-state index in [0.717, 1.165) is 64.9 Å². The monoisotopic (exact) mass is 507 g/mol. The van der Waals surface area contributed by atoms with Gasteiger partial charge in [-0.2, -0.15) is 5.10 Å². The summed E-state index contributed by atoms with van der Waals surface area (Å²) in [6.07, 6.45) is 8.90. The van der Waals surface area contributed by atoms with E-state index in [1.807, 2.05) is 12.1 Å². The zero-order chi connectivity index (χ0) is 23.7. The summed E-state index contributed by atoms with van der Waals surface area (Å²) in [6, 6.07) is 4.40. The van der Waals surface area contributed by atoms with Gasteiger partial charge in [0.2, 0.25) is 5.91 Å². The maximum atomic E-state index is 13.1. The number of carbonyl (C=O) groups is 1. The Kier molecular flexibility index (Phi) is 5.01. The van der Waals surface area contributed by atoms with E-state index < -0.39 is 0 Å². The number of hydrogen-bond acceptors (Lipinski definition) is 7. The highest BCUT2D eigenvalue weighted by molar-refractivity contribution is 7.19. The van der Waals surface area contributed by atoms with E-state index >= 15 is 0 Å². The van der Waals surface area contributed by atoms with Crippen LogP contribution in [0.1, 0.15) is 23.3 Å². The van der Waals surface area contributed by atoms with Crippen molar-refractivity contribution in [3.63, 3.8) is 0 Å². The van der Waals surface area contributed by atoms with E-state index in [-0.39, 0.29) is 11.8 Å². The number of pyridine rings is 1. The molecule has 35 heavy (non-hydrogen) atoms. The van der Waals surface area contributed by atoms with Crippen molar-refractivity contribution in [3.8, 4) is 0 Å². The number of nitrogens with zero attached hydrogens (tertiary/aromatic N) is 5. The van der Waals surface area contributed by atoms with Gasteiger partial charge in [0, 0.05) is 42.3 Å². The third kappa shape index (κ3) is 3.68. The zero-order valence-electron chi connectivity index (χ0n) is 19.4. The molecule has 1 amide bonds. The number of aryl methyl sites for hydroxylation is 1. The number of likely N-dealkylation sites (N-methyl/N-ethyl adjacent to an activating group) is 1. The van der Waals surface area contributed by atoms with Gasteiger partial charge >= 0.3 is 0 Å². The average Bonchev–Trinajstić information content (AvgIpc) is 3.16. The molecule has 1 saturated carbocycles. The Balaban J connectivity index is 1.11. The molecule has 10 heteroatoms. The molecule has 4 atom stereocenters. The maximum Gasteiger partial charge on any atom is 0.223 e. The second-order valence-electron chi connectivity index (χ2n) is 10.1. The van der Waals surface area contributed by atoms with E-state index in [2.05, 4.69) is 37.6 Å². The molecular weight excluding hydrogens is 482 g/mol. The Morgan fingerprint density at radius 3 is 3.11 bits per heavy atom. The quantitative estimate of drug-likeness (QED) is 0.426. The fraction of sp³-hybridized carbons (Fsp3) is 0.440. The zero-order valence-corrected chi connectivity index (χ0v) is 20.9. The first-order chi connectivity index (χ1) is 17.0. The van der Waals surface area contributed by atoms with Crippen LogP contribution in [0.5, 0.6) is 0 Å². The van der Waals surface area contributed by atoms with Gasteiger partial charge in [-0.1, -0.05) is 11.6 Å². The van der Waals surface area contributed by atoms with Gasteiger partial charge in [0.25, 0.3) is 0 Å². The Hall–Kier alpha value is -2.75. The van der Waals surface area contributed by atoms with Crippen molar-refractivity contribution < 1.29 is 4.79 Å². The van der Waals surface area contributed by atoms with Crippen LogP contribution in [0, 0.1) is 17.8 Å². The molecule has 5 heterocycles. The standard InChI is InChI=1S/C25H26ClN7OS/c1-32-10-14-6-17(14)20(32)9-27-24(34)13-2-3-16-21(7-13)35-25-22(16)23(28-12-29-25)31-19-8-15-4-5-30-33(15)11-18(19)26/h4-5,8,11-14,17,20H,2-3,6-7,9-10H2,1H3,(H,27,34)(H,28,29,31). The third-order valence-corrected chi connectivity index (χ3v) is 9.46. The highest BCUT2D eigenvalue weighted by Crippen LogP contribution is 2.48. The Morgan fingerprint density at radius 2 is 2.26 bits per heavy atom. The summed E-state index contributed by atoms with van der Waals surface area (Å²) in [4.78, 5) is 26.8. The lowest BCUT2D eigenvalue weighted by atomic mass is 9.87. The average molecular weight is 508 g/mol. The van der Waals surface area contributed by atoms with Crippen LogP contribution in [-0.2, 0) is 17.6 Å². The minimum atomic E-state index is 0.0142. The SMILES string of the molecule is CN1CC2CC2C1CNC(=O)C1CCc2c(sc3ncnc(Nc4cc5ccnn5cc4Cl)c23)C1. The molecule has 180 valence electrons. The molecule has 0 radical (unpaired) electrons. The Labute approximate surface area is 211 Å². The van der Waals surface area contributed by atoms with Gasteiger partial charge in [-0.25, -0.2) is 14.5 Å². The van der Waals surface area contributed by atoms with Gasteiger partial charge in [0.1, 0.15) is 17.0 Å². The van der Waals surface area contributed by atoms with E-state index in [4.69, 9.17) is 11.6 Å². The molecule has 4 aromatic heterocycles. The molecule has 4 aromatic rings. The van der Waals surface area contributed by atoms with Crippen molar-refractivity contribution in [2.24, 2.45) is 17.8 Å². The smallest absolute Gasteiger partial charge is 0.223 e. The van der Waals surface area contributed by atoms with Crippen molar-refractivity contribution in [2.75, 3.05) is 25.5 Å². The second kappa shape index (κ2) is 8.15. The minimum Gasteiger partial charge on any atom is -0.354 e. The van der Waals surface area contributed by atoms with Crippen LogP contribution in [0.25, 0.3) is 15.7 Å². The fourth-order valence-electron chi connectivity index (χ4n) is 6.03. The Bertz CT molecular complexity index is 1460. The summed E-state index contributed by atoms with van der Waals surface area (Å²) >= 11 is 8.20. The lowest BCUT2D eigenvalue weighted by Crippen LogP contribution is -2.43. The van der Waals surface area contributed by atoms with Crippen molar-refractivity contribution >= 4 is 56.1 Å². The predicted octanol–water partition coefficient (Wildman–Crippen LogP) is 3.91. The van der Waals surface area contributed by atoms with E-state index in [1.54, 1.807) is 34.6 Å². The van der Waals surface area contributed by atoms with Crippen molar-refractivity contribution in [1.82, 2.24) is 29.8 Å². The first kappa shape index (κ1) is 21.5. The maximum absolute atomic E-state index is 13.1.